The van der Waals surface area contributed by atoms with Crippen LogP contribution in [0.25, 0.3) is 0 Å². The van der Waals surface area contributed by atoms with Gasteiger partial charge in [-0.25, -0.2) is 8.42 Å². The first-order valence-corrected chi connectivity index (χ1v) is 5.53. The van der Waals surface area contributed by atoms with Gasteiger partial charge < -0.3 is 16.2 Å². The normalized spacial score (nSPS) is 29.0. The molecule has 0 spiro atoms. The summed E-state index contributed by atoms with van der Waals surface area (Å²) in [5.74, 6) is -1.59. The molecule has 0 bridgehead atoms. The van der Waals surface area contributed by atoms with Gasteiger partial charge in [-0.3, -0.25) is 4.79 Å². The standard InChI is InChI=1S/C6H12N2O4S/c7-6(10)3-13(11,12)5-2-8-1-4(5)9/h4-5,8-9H,1-3H2,(H2,7,10). The van der Waals surface area contributed by atoms with E-state index in [9.17, 15) is 18.3 Å². The predicted molar refractivity (Wildman–Crippen MR) is 45.6 cm³/mol. The van der Waals surface area contributed by atoms with Crippen LogP contribution in [-0.2, 0) is 14.6 Å². The van der Waals surface area contributed by atoms with Crippen molar-refractivity contribution in [3.63, 3.8) is 0 Å². The fourth-order valence-corrected chi connectivity index (χ4v) is 2.87. The summed E-state index contributed by atoms with van der Waals surface area (Å²) >= 11 is 0. The van der Waals surface area contributed by atoms with Crippen molar-refractivity contribution in [2.75, 3.05) is 18.8 Å². The second-order valence-corrected chi connectivity index (χ2v) is 5.26. The molecule has 1 fully saturated rings. The van der Waals surface area contributed by atoms with E-state index in [0.717, 1.165) is 0 Å². The summed E-state index contributed by atoms with van der Waals surface area (Å²) in [6.07, 6.45) is -0.940. The molecule has 0 radical (unpaired) electrons. The lowest BCUT2D eigenvalue weighted by molar-refractivity contribution is -0.115. The number of carbonyl (C=O) groups excluding carboxylic acids is 1. The van der Waals surface area contributed by atoms with Gasteiger partial charge in [-0.2, -0.15) is 0 Å². The summed E-state index contributed by atoms with van der Waals surface area (Å²) in [6.45, 7) is 0.416. The maximum absolute atomic E-state index is 11.4. The Morgan fingerprint density at radius 1 is 1.54 bits per heavy atom. The summed E-state index contributed by atoms with van der Waals surface area (Å²) in [5, 5.41) is 11.1. The highest BCUT2D eigenvalue weighted by molar-refractivity contribution is 7.92. The molecule has 2 atom stereocenters. The van der Waals surface area contributed by atoms with Gasteiger partial charge >= 0.3 is 0 Å². The SMILES string of the molecule is NC(=O)CS(=O)(=O)C1CNCC1O. The number of hydrogen-bond donors (Lipinski definition) is 3. The highest BCUT2D eigenvalue weighted by Gasteiger charge is 2.36. The summed E-state index contributed by atoms with van der Waals surface area (Å²) in [4.78, 5) is 10.4. The fraction of sp³-hybridized carbons (Fsp3) is 0.833. The molecule has 0 saturated carbocycles. The smallest absolute Gasteiger partial charge is 0.232 e. The molecule has 6 nitrogen and oxygen atoms in total. The molecule has 0 aromatic rings. The van der Waals surface area contributed by atoms with Crippen molar-refractivity contribution in [1.82, 2.24) is 5.32 Å². The third-order valence-electron chi connectivity index (χ3n) is 1.93. The largest absolute Gasteiger partial charge is 0.390 e. The number of primary amides is 1. The molecular formula is C6H12N2O4S. The molecule has 1 saturated heterocycles. The maximum atomic E-state index is 11.4. The maximum Gasteiger partial charge on any atom is 0.232 e. The second-order valence-electron chi connectivity index (χ2n) is 3.04. The number of amides is 1. The zero-order chi connectivity index (χ0) is 10.1. The average molecular weight is 208 g/mol. The predicted octanol–water partition coefficient (Wildman–Crippen LogP) is -2.78. The van der Waals surface area contributed by atoms with Gasteiger partial charge in [0.1, 0.15) is 11.0 Å². The summed E-state index contributed by atoms with van der Waals surface area (Å²) in [7, 11) is -3.60. The number of aliphatic hydroxyl groups is 1. The van der Waals surface area contributed by atoms with Gasteiger partial charge in [0.2, 0.25) is 5.91 Å². The number of hydrogen-bond acceptors (Lipinski definition) is 5. The minimum absolute atomic E-state index is 0.177. The van der Waals surface area contributed by atoms with Gasteiger partial charge in [-0.1, -0.05) is 0 Å². The van der Waals surface area contributed by atoms with Crippen LogP contribution in [0.2, 0.25) is 0 Å². The van der Waals surface area contributed by atoms with E-state index in [1.807, 2.05) is 0 Å². The van der Waals surface area contributed by atoms with Crippen molar-refractivity contribution in [2.24, 2.45) is 5.73 Å². The van der Waals surface area contributed by atoms with E-state index in [0.29, 0.717) is 0 Å². The van der Waals surface area contributed by atoms with Crippen LogP contribution in [-0.4, -0.2) is 49.6 Å². The van der Waals surface area contributed by atoms with Crippen LogP contribution in [0.3, 0.4) is 0 Å². The number of aliphatic hydroxyl groups excluding tert-OH is 1. The minimum Gasteiger partial charge on any atom is -0.390 e. The summed E-state index contributed by atoms with van der Waals surface area (Å²) in [6, 6.07) is 0. The minimum atomic E-state index is -3.60. The number of nitrogens with two attached hydrogens (primary N) is 1. The molecule has 1 amide bonds. The number of sulfone groups is 1. The summed E-state index contributed by atoms with van der Waals surface area (Å²) < 4.78 is 22.7. The molecule has 1 rings (SSSR count). The lowest BCUT2D eigenvalue weighted by Crippen LogP contribution is -2.38. The molecule has 0 aromatic carbocycles. The zero-order valence-corrected chi connectivity index (χ0v) is 7.75. The van der Waals surface area contributed by atoms with Crippen molar-refractivity contribution in [1.29, 1.82) is 0 Å². The zero-order valence-electron chi connectivity index (χ0n) is 6.93. The first-order valence-electron chi connectivity index (χ1n) is 3.82. The Bertz CT molecular complexity index is 300. The third kappa shape index (κ3) is 2.39. The van der Waals surface area contributed by atoms with E-state index < -0.39 is 32.9 Å². The van der Waals surface area contributed by atoms with Gasteiger partial charge in [0.15, 0.2) is 9.84 Å². The Morgan fingerprint density at radius 3 is 2.54 bits per heavy atom. The number of rotatable bonds is 3. The van der Waals surface area contributed by atoms with E-state index in [1.165, 1.54) is 0 Å². The topological polar surface area (TPSA) is 109 Å². The van der Waals surface area contributed by atoms with Gasteiger partial charge in [-0.15, -0.1) is 0 Å². The molecule has 13 heavy (non-hydrogen) atoms. The Hall–Kier alpha value is -0.660. The molecule has 1 aliphatic heterocycles. The monoisotopic (exact) mass is 208 g/mol. The van der Waals surface area contributed by atoms with Crippen LogP contribution >= 0.6 is 0 Å². The van der Waals surface area contributed by atoms with Crippen LogP contribution in [0.4, 0.5) is 0 Å². The molecule has 7 heteroatoms. The number of carbonyl (C=O) groups is 1. The second kappa shape index (κ2) is 3.60. The fourth-order valence-electron chi connectivity index (χ4n) is 1.31. The molecule has 76 valence electrons. The highest BCUT2D eigenvalue weighted by Crippen LogP contribution is 2.11. The molecule has 0 aliphatic carbocycles. The highest BCUT2D eigenvalue weighted by atomic mass is 32.2. The van der Waals surface area contributed by atoms with Gasteiger partial charge in [0.05, 0.1) is 6.10 Å². The van der Waals surface area contributed by atoms with Crippen LogP contribution in [0.15, 0.2) is 0 Å². The van der Waals surface area contributed by atoms with E-state index >= 15 is 0 Å². The third-order valence-corrected chi connectivity index (χ3v) is 4.02. The Kier molecular flexibility index (Phi) is 2.89. The van der Waals surface area contributed by atoms with Crippen LogP contribution in [0, 0.1) is 0 Å². The Balaban J connectivity index is 2.74. The molecule has 4 N–H and O–H groups in total. The number of β-amino-alcohol motifs (C(OH)–C–C–N with tert-alkyl or cyclic N) is 1. The Labute approximate surface area is 76.0 Å². The van der Waals surface area contributed by atoms with Crippen molar-refractivity contribution in [2.45, 2.75) is 11.4 Å². The van der Waals surface area contributed by atoms with Crippen molar-refractivity contribution in [3.05, 3.63) is 0 Å². The lowest BCUT2D eigenvalue weighted by Gasteiger charge is -2.12. The lowest BCUT2D eigenvalue weighted by atomic mass is 10.3. The van der Waals surface area contributed by atoms with Gasteiger partial charge in [0, 0.05) is 13.1 Å². The van der Waals surface area contributed by atoms with Gasteiger partial charge in [-0.05, 0) is 0 Å². The quantitative estimate of drug-likeness (QED) is 0.465. The first kappa shape index (κ1) is 10.4. The molecule has 2 unspecified atom stereocenters. The van der Waals surface area contributed by atoms with E-state index in [-0.39, 0.29) is 13.1 Å². The molecule has 0 aromatic heterocycles. The van der Waals surface area contributed by atoms with Crippen LogP contribution < -0.4 is 11.1 Å². The molecular weight excluding hydrogens is 196 g/mol. The van der Waals surface area contributed by atoms with Crippen LogP contribution in [0.1, 0.15) is 0 Å². The van der Waals surface area contributed by atoms with E-state index in [2.05, 4.69) is 5.32 Å². The molecule has 1 heterocycles. The van der Waals surface area contributed by atoms with Crippen molar-refractivity contribution in [3.8, 4) is 0 Å². The molecule has 1 aliphatic rings. The van der Waals surface area contributed by atoms with E-state index in [4.69, 9.17) is 5.73 Å². The van der Waals surface area contributed by atoms with Crippen molar-refractivity contribution >= 4 is 15.7 Å². The van der Waals surface area contributed by atoms with Gasteiger partial charge in [0.25, 0.3) is 0 Å². The summed E-state index contributed by atoms with van der Waals surface area (Å²) in [5.41, 5.74) is 4.77. The van der Waals surface area contributed by atoms with E-state index in [1.54, 1.807) is 0 Å². The van der Waals surface area contributed by atoms with Crippen LogP contribution in [0.5, 0.6) is 0 Å². The Morgan fingerprint density at radius 2 is 2.15 bits per heavy atom. The number of nitrogens with one attached hydrogen (secondary N) is 1. The first-order chi connectivity index (χ1) is 5.93. The van der Waals surface area contributed by atoms with Crippen molar-refractivity contribution < 1.29 is 18.3 Å². The average Bonchev–Trinajstić information content (AvgIpc) is 2.32.